The Morgan fingerprint density at radius 1 is 0.839 bits per heavy atom. The molecule has 0 bridgehead atoms. The summed E-state index contributed by atoms with van der Waals surface area (Å²) in [4.78, 5) is 12.6. The van der Waals surface area contributed by atoms with Crippen LogP contribution in [0.1, 0.15) is 31.9 Å². The van der Waals surface area contributed by atoms with Crippen molar-refractivity contribution >= 4 is 11.6 Å². The predicted molar refractivity (Wildman–Crippen MR) is 123 cm³/mol. The summed E-state index contributed by atoms with van der Waals surface area (Å²) in [6, 6.07) is 23.5. The quantitative estimate of drug-likeness (QED) is 0.529. The number of ether oxygens (including phenoxy) is 3. The predicted octanol–water partition coefficient (Wildman–Crippen LogP) is 5.44. The second-order valence-electron chi connectivity index (χ2n) is 7.83. The standard InChI is InChI=1S/C26H29NO4/c1-18(25(28)27-23-16-15-22(29-4)17-24(23)30-5)31-21-13-11-20(12-14-21)26(2,3)19-9-7-6-8-10-19/h6-18H,1-5H3,(H,27,28). The first kappa shape index (κ1) is 22.2. The fourth-order valence-electron chi connectivity index (χ4n) is 3.37. The van der Waals surface area contributed by atoms with Gasteiger partial charge in [-0.05, 0) is 42.3 Å². The van der Waals surface area contributed by atoms with E-state index < -0.39 is 6.10 Å². The van der Waals surface area contributed by atoms with Gasteiger partial charge in [0.05, 0.1) is 19.9 Å². The van der Waals surface area contributed by atoms with Crippen LogP contribution in [0.5, 0.6) is 17.2 Å². The van der Waals surface area contributed by atoms with E-state index in [2.05, 4.69) is 31.3 Å². The molecule has 0 saturated carbocycles. The molecule has 1 N–H and O–H groups in total. The van der Waals surface area contributed by atoms with E-state index in [0.29, 0.717) is 22.9 Å². The smallest absolute Gasteiger partial charge is 0.265 e. The van der Waals surface area contributed by atoms with Crippen molar-refractivity contribution in [2.45, 2.75) is 32.3 Å². The van der Waals surface area contributed by atoms with Gasteiger partial charge < -0.3 is 19.5 Å². The number of carbonyl (C=O) groups is 1. The number of amides is 1. The molecule has 0 saturated heterocycles. The Balaban J connectivity index is 1.67. The summed E-state index contributed by atoms with van der Waals surface area (Å²) in [5, 5.41) is 2.85. The van der Waals surface area contributed by atoms with Gasteiger partial charge in [0.15, 0.2) is 6.10 Å². The van der Waals surface area contributed by atoms with E-state index in [1.54, 1.807) is 39.3 Å². The highest BCUT2D eigenvalue weighted by Gasteiger charge is 2.23. The van der Waals surface area contributed by atoms with Crippen LogP contribution < -0.4 is 19.5 Å². The van der Waals surface area contributed by atoms with Crippen LogP contribution in [0.15, 0.2) is 72.8 Å². The van der Waals surface area contributed by atoms with E-state index in [1.807, 2.05) is 42.5 Å². The summed E-state index contributed by atoms with van der Waals surface area (Å²) in [6.45, 7) is 6.10. The average molecular weight is 420 g/mol. The van der Waals surface area contributed by atoms with Crippen molar-refractivity contribution in [3.63, 3.8) is 0 Å². The lowest BCUT2D eigenvalue weighted by atomic mass is 9.78. The molecule has 31 heavy (non-hydrogen) atoms. The van der Waals surface area contributed by atoms with Gasteiger partial charge in [0.2, 0.25) is 0 Å². The van der Waals surface area contributed by atoms with Crippen molar-refractivity contribution < 1.29 is 19.0 Å². The van der Waals surface area contributed by atoms with Crippen LogP contribution in [0, 0.1) is 0 Å². The van der Waals surface area contributed by atoms with Crippen LogP contribution in [0.4, 0.5) is 5.69 Å². The van der Waals surface area contributed by atoms with E-state index in [-0.39, 0.29) is 11.3 Å². The lowest BCUT2D eigenvalue weighted by Crippen LogP contribution is -2.30. The molecule has 0 aliphatic carbocycles. The molecule has 0 heterocycles. The molecule has 0 radical (unpaired) electrons. The topological polar surface area (TPSA) is 56.8 Å². The van der Waals surface area contributed by atoms with Gasteiger partial charge in [-0.2, -0.15) is 0 Å². The zero-order chi connectivity index (χ0) is 22.4. The van der Waals surface area contributed by atoms with Gasteiger partial charge in [-0.3, -0.25) is 4.79 Å². The number of anilines is 1. The number of benzene rings is 3. The third-order valence-electron chi connectivity index (χ3n) is 5.42. The maximum atomic E-state index is 12.6. The summed E-state index contributed by atoms with van der Waals surface area (Å²) in [7, 11) is 3.12. The van der Waals surface area contributed by atoms with E-state index in [0.717, 1.165) is 0 Å². The molecule has 0 aromatic heterocycles. The van der Waals surface area contributed by atoms with E-state index >= 15 is 0 Å². The van der Waals surface area contributed by atoms with Crippen molar-refractivity contribution in [3.8, 4) is 17.2 Å². The second-order valence-corrected chi connectivity index (χ2v) is 7.83. The third-order valence-corrected chi connectivity index (χ3v) is 5.42. The van der Waals surface area contributed by atoms with Gasteiger partial charge in [0, 0.05) is 11.5 Å². The fourth-order valence-corrected chi connectivity index (χ4v) is 3.37. The molecule has 5 heteroatoms. The molecule has 162 valence electrons. The third kappa shape index (κ3) is 5.18. The van der Waals surface area contributed by atoms with Crippen LogP contribution in [-0.4, -0.2) is 26.2 Å². The maximum Gasteiger partial charge on any atom is 0.265 e. The van der Waals surface area contributed by atoms with Crippen molar-refractivity contribution in [1.29, 1.82) is 0 Å². The van der Waals surface area contributed by atoms with E-state index in [1.165, 1.54) is 11.1 Å². The zero-order valence-corrected chi connectivity index (χ0v) is 18.6. The van der Waals surface area contributed by atoms with Crippen molar-refractivity contribution in [1.82, 2.24) is 0 Å². The minimum absolute atomic E-state index is 0.131. The van der Waals surface area contributed by atoms with Crippen LogP contribution in [0.2, 0.25) is 0 Å². The molecular formula is C26H29NO4. The Morgan fingerprint density at radius 3 is 2.06 bits per heavy atom. The number of hydrogen-bond acceptors (Lipinski definition) is 4. The fraction of sp³-hybridized carbons (Fsp3) is 0.269. The maximum absolute atomic E-state index is 12.6. The van der Waals surface area contributed by atoms with Crippen LogP contribution in [0.3, 0.4) is 0 Å². The molecule has 5 nitrogen and oxygen atoms in total. The minimum Gasteiger partial charge on any atom is -0.497 e. The normalized spacial score (nSPS) is 12.0. The van der Waals surface area contributed by atoms with Gasteiger partial charge in [-0.15, -0.1) is 0 Å². The van der Waals surface area contributed by atoms with Crippen molar-refractivity contribution in [2.24, 2.45) is 0 Å². The molecule has 0 aliphatic heterocycles. The summed E-state index contributed by atoms with van der Waals surface area (Å²) in [5.74, 6) is 1.54. The highest BCUT2D eigenvalue weighted by molar-refractivity contribution is 5.95. The lowest BCUT2D eigenvalue weighted by molar-refractivity contribution is -0.122. The number of nitrogens with one attached hydrogen (secondary N) is 1. The number of methoxy groups -OCH3 is 2. The Labute approximate surface area is 184 Å². The van der Waals surface area contributed by atoms with E-state index in [4.69, 9.17) is 14.2 Å². The summed E-state index contributed by atoms with van der Waals surface area (Å²) < 4.78 is 16.4. The first-order valence-corrected chi connectivity index (χ1v) is 10.2. The molecule has 0 spiro atoms. The highest BCUT2D eigenvalue weighted by Crippen LogP contribution is 2.32. The summed E-state index contributed by atoms with van der Waals surface area (Å²) >= 11 is 0. The Morgan fingerprint density at radius 2 is 1.45 bits per heavy atom. The molecule has 0 aliphatic rings. The second kappa shape index (κ2) is 9.56. The molecule has 3 aromatic carbocycles. The number of rotatable bonds is 8. The number of hydrogen-bond donors (Lipinski definition) is 1. The Kier molecular flexibility index (Phi) is 6.85. The Hall–Kier alpha value is -3.47. The largest absolute Gasteiger partial charge is 0.497 e. The summed E-state index contributed by atoms with van der Waals surface area (Å²) in [6.07, 6.45) is -0.681. The number of carbonyl (C=O) groups excluding carboxylic acids is 1. The first-order chi connectivity index (χ1) is 14.8. The van der Waals surface area contributed by atoms with Gasteiger partial charge in [-0.1, -0.05) is 56.3 Å². The molecule has 1 unspecified atom stereocenters. The van der Waals surface area contributed by atoms with Crippen LogP contribution >= 0.6 is 0 Å². The highest BCUT2D eigenvalue weighted by atomic mass is 16.5. The van der Waals surface area contributed by atoms with E-state index in [9.17, 15) is 4.79 Å². The zero-order valence-electron chi connectivity index (χ0n) is 18.6. The summed E-state index contributed by atoms with van der Waals surface area (Å²) in [5.41, 5.74) is 2.84. The van der Waals surface area contributed by atoms with Crippen LogP contribution in [-0.2, 0) is 10.2 Å². The average Bonchev–Trinajstić information content (AvgIpc) is 2.80. The first-order valence-electron chi connectivity index (χ1n) is 10.2. The SMILES string of the molecule is COc1ccc(NC(=O)C(C)Oc2ccc(C(C)(C)c3ccccc3)cc2)c(OC)c1. The Bertz CT molecular complexity index is 1010. The minimum atomic E-state index is -0.681. The lowest BCUT2D eigenvalue weighted by Gasteiger charge is -2.26. The van der Waals surface area contributed by atoms with Gasteiger partial charge in [0.1, 0.15) is 17.2 Å². The van der Waals surface area contributed by atoms with Gasteiger partial charge >= 0.3 is 0 Å². The monoisotopic (exact) mass is 419 g/mol. The van der Waals surface area contributed by atoms with Crippen molar-refractivity contribution in [2.75, 3.05) is 19.5 Å². The molecule has 1 atom stereocenters. The molecule has 3 aromatic rings. The van der Waals surface area contributed by atoms with Gasteiger partial charge in [-0.25, -0.2) is 0 Å². The molecule has 1 amide bonds. The van der Waals surface area contributed by atoms with Crippen LogP contribution in [0.25, 0.3) is 0 Å². The molecule has 0 fully saturated rings. The van der Waals surface area contributed by atoms with Gasteiger partial charge in [0.25, 0.3) is 5.91 Å². The van der Waals surface area contributed by atoms with Crippen molar-refractivity contribution in [3.05, 3.63) is 83.9 Å². The molecule has 3 rings (SSSR count). The molecular weight excluding hydrogens is 390 g/mol.